The van der Waals surface area contributed by atoms with Crippen LogP contribution in [0.2, 0.25) is 0 Å². The number of fused-ring (bicyclic) bond motifs is 1. The van der Waals surface area contributed by atoms with Crippen molar-refractivity contribution >= 4 is 34.5 Å². The Kier molecular flexibility index (Phi) is 7.16. The summed E-state index contributed by atoms with van der Waals surface area (Å²) in [6.07, 6.45) is 8.85. The van der Waals surface area contributed by atoms with Gasteiger partial charge in [-0.3, -0.25) is 9.36 Å². The lowest BCUT2D eigenvalue weighted by Crippen LogP contribution is -2.33. The standard InChI is InChI=1S/C24H32N6O2S/c31-22(25-11-10-18-15-26-21-9-3-2-8-20(18)21)17-33-24-28-27-23(29-12-4-1-5-13-29)30(24)16-19-7-6-14-32-19/h2-3,8-9,15,19,26H,1,4-7,10-14,16-17H2,(H,25,31). The van der Waals surface area contributed by atoms with E-state index in [9.17, 15) is 4.79 Å². The summed E-state index contributed by atoms with van der Waals surface area (Å²) in [4.78, 5) is 18.2. The molecule has 2 saturated heterocycles. The maximum absolute atomic E-state index is 12.5. The van der Waals surface area contributed by atoms with E-state index in [-0.39, 0.29) is 12.0 Å². The normalized spacial score (nSPS) is 18.8. The Morgan fingerprint density at radius 3 is 2.91 bits per heavy atom. The van der Waals surface area contributed by atoms with Gasteiger partial charge in [-0.2, -0.15) is 0 Å². The van der Waals surface area contributed by atoms with Crippen LogP contribution in [0.1, 0.15) is 37.7 Å². The number of piperidine rings is 1. The molecule has 2 aromatic heterocycles. The average molecular weight is 469 g/mol. The first-order chi connectivity index (χ1) is 16.3. The lowest BCUT2D eigenvalue weighted by atomic mass is 10.1. The van der Waals surface area contributed by atoms with Gasteiger partial charge in [0.25, 0.3) is 0 Å². The number of hydrogen-bond acceptors (Lipinski definition) is 6. The SMILES string of the molecule is O=C(CSc1nnc(N2CCCCC2)n1CC1CCCO1)NCCc1c[nH]c2ccccc12. The molecule has 1 unspecified atom stereocenters. The third-order valence-electron chi connectivity index (χ3n) is 6.47. The zero-order valence-electron chi connectivity index (χ0n) is 19.0. The fourth-order valence-corrected chi connectivity index (χ4v) is 5.50. The summed E-state index contributed by atoms with van der Waals surface area (Å²) in [6, 6.07) is 8.24. The van der Waals surface area contributed by atoms with Crippen molar-refractivity contribution in [1.29, 1.82) is 0 Å². The fraction of sp³-hybridized carbons (Fsp3) is 0.542. The van der Waals surface area contributed by atoms with E-state index >= 15 is 0 Å². The monoisotopic (exact) mass is 468 g/mol. The molecule has 2 aliphatic rings. The van der Waals surface area contributed by atoms with Crippen molar-refractivity contribution in [3.8, 4) is 0 Å². The minimum atomic E-state index is 0.0195. The van der Waals surface area contributed by atoms with E-state index < -0.39 is 0 Å². The molecule has 9 heteroatoms. The molecular formula is C24H32N6O2S. The molecule has 8 nitrogen and oxygen atoms in total. The highest BCUT2D eigenvalue weighted by Gasteiger charge is 2.25. The summed E-state index contributed by atoms with van der Waals surface area (Å²) < 4.78 is 8.05. The largest absolute Gasteiger partial charge is 0.376 e. The molecule has 0 aliphatic carbocycles. The van der Waals surface area contributed by atoms with E-state index in [0.29, 0.717) is 12.3 Å². The number of carbonyl (C=O) groups excluding carboxylic acids is 1. The van der Waals surface area contributed by atoms with Gasteiger partial charge in [0.2, 0.25) is 11.9 Å². The maximum atomic E-state index is 12.5. The second-order valence-corrected chi connectivity index (χ2v) is 9.77. The van der Waals surface area contributed by atoms with Gasteiger partial charge in [0, 0.05) is 43.3 Å². The van der Waals surface area contributed by atoms with Crippen LogP contribution in [0.4, 0.5) is 5.95 Å². The lowest BCUT2D eigenvalue weighted by molar-refractivity contribution is -0.118. The molecule has 2 aliphatic heterocycles. The van der Waals surface area contributed by atoms with Gasteiger partial charge in [-0.15, -0.1) is 10.2 Å². The molecule has 0 bridgehead atoms. The van der Waals surface area contributed by atoms with Crippen molar-refractivity contribution in [2.75, 3.05) is 36.9 Å². The molecule has 176 valence electrons. The molecule has 1 amide bonds. The molecule has 5 rings (SSSR count). The number of aromatic nitrogens is 4. The zero-order valence-corrected chi connectivity index (χ0v) is 19.8. The van der Waals surface area contributed by atoms with Gasteiger partial charge in [-0.1, -0.05) is 30.0 Å². The first kappa shape index (κ1) is 22.3. The van der Waals surface area contributed by atoms with Gasteiger partial charge in [0.05, 0.1) is 18.4 Å². The van der Waals surface area contributed by atoms with Crippen molar-refractivity contribution in [2.45, 2.75) is 56.3 Å². The highest BCUT2D eigenvalue weighted by atomic mass is 32.2. The Balaban J connectivity index is 1.17. The molecule has 2 N–H and O–H groups in total. The summed E-state index contributed by atoms with van der Waals surface area (Å²) in [5.41, 5.74) is 2.35. The van der Waals surface area contributed by atoms with E-state index in [1.165, 1.54) is 42.0 Å². The predicted molar refractivity (Wildman–Crippen MR) is 131 cm³/mol. The smallest absolute Gasteiger partial charge is 0.230 e. The summed E-state index contributed by atoms with van der Waals surface area (Å²) in [5.74, 6) is 1.27. The van der Waals surface area contributed by atoms with Gasteiger partial charge in [0.1, 0.15) is 0 Å². The Hall–Kier alpha value is -2.52. The van der Waals surface area contributed by atoms with E-state index in [1.807, 2.05) is 18.3 Å². The van der Waals surface area contributed by atoms with Crippen molar-refractivity contribution in [3.63, 3.8) is 0 Å². The van der Waals surface area contributed by atoms with Crippen LogP contribution in [0.25, 0.3) is 10.9 Å². The fourth-order valence-electron chi connectivity index (χ4n) is 4.72. The van der Waals surface area contributed by atoms with Crippen LogP contribution in [-0.2, 0) is 22.5 Å². The van der Waals surface area contributed by atoms with Gasteiger partial charge >= 0.3 is 0 Å². The Morgan fingerprint density at radius 2 is 2.06 bits per heavy atom. The first-order valence-corrected chi connectivity index (χ1v) is 13.0. The van der Waals surface area contributed by atoms with Crippen molar-refractivity contribution in [2.24, 2.45) is 0 Å². The second-order valence-electron chi connectivity index (χ2n) is 8.82. The van der Waals surface area contributed by atoms with Crippen LogP contribution in [-0.4, -0.2) is 63.8 Å². The minimum Gasteiger partial charge on any atom is -0.376 e. The van der Waals surface area contributed by atoms with Gasteiger partial charge < -0.3 is 19.9 Å². The summed E-state index contributed by atoms with van der Waals surface area (Å²) in [6.45, 7) is 4.23. The quantitative estimate of drug-likeness (QED) is 0.468. The number of anilines is 1. The van der Waals surface area contributed by atoms with Crippen LogP contribution < -0.4 is 10.2 Å². The summed E-state index contributed by atoms with van der Waals surface area (Å²) >= 11 is 1.46. The van der Waals surface area contributed by atoms with Gasteiger partial charge in [0.15, 0.2) is 5.16 Å². The van der Waals surface area contributed by atoms with Crippen LogP contribution in [0.5, 0.6) is 0 Å². The molecule has 0 spiro atoms. The molecule has 0 saturated carbocycles. The number of benzene rings is 1. The molecule has 4 heterocycles. The van der Waals surface area contributed by atoms with Crippen LogP contribution in [0, 0.1) is 0 Å². The number of nitrogens with one attached hydrogen (secondary N) is 2. The van der Waals surface area contributed by atoms with Crippen LogP contribution >= 0.6 is 11.8 Å². The Morgan fingerprint density at radius 1 is 1.18 bits per heavy atom. The molecule has 2 fully saturated rings. The number of H-pyrrole nitrogens is 1. The Bertz CT molecular complexity index is 1070. The van der Waals surface area contributed by atoms with E-state index in [2.05, 4.69) is 42.1 Å². The van der Waals surface area contributed by atoms with Crippen LogP contribution in [0.3, 0.4) is 0 Å². The molecule has 1 aromatic carbocycles. The summed E-state index contributed by atoms with van der Waals surface area (Å²) in [7, 11) is 0. The zero-order chi connectivity index (χ0) is 22.5. The Labute approximate surface area is 198 Å². The molecular weight excluding hydrogens is 436 g/mol. The number of thioether (sulfide) groups is 1. The third-order valence-corrected chi connectivity index (χ3v) is 7.44. The van der Waals surface area contributed by atoms with Gasteiger partial charge in [-0.25, -0.2) is 0 Å². The third kappa shape index (κ3) is 5.35. The van der Waals surface area contributed by atoms with Gasteiger partial charge in [-0.05, 0) is 50.2 Å². The number of amides is 1. The number of rotatable bonds is 9. The average Bonchev–Trinajstić information content (AvgIpc) is 3.60. The highest BCUT2D eigenvalue weighted by Crippen LogP contribution is 2.27. The number of aromatic amines is 1. The summed E-state index contributed by atoms with van der Waals surface area (Å²) in [5, 5.41) is 14.0. The maximum Gasteiger partial charge on any atom is 0.230 e. The van der Waals surface area contributed by atoms with E-state index in [1.54, 1.807) is 0 Å². The lowest BCUT2D eigenvalue weighted by Gasteiger charge is -2.28. The van der Waals surface area contributed by atoms with Crippen molar-refractivity contribution < 1.29 is 9.53 Å². The topological polar surface area (TPSA) is 88.1 Å². The molecule has 33 heavy (non-hydrogen) atoms. The van der Waals surface area contributed by atoms with Crippen LogP contribution in [0.15, 0.2) is 35.6 Å². The van der Waals surface area contributed by atoms with Crippen molar-refractivity contribution in [3.05, 3.63) is 36.0 Å². The predicted octanol–water partition coefficient (Wildman–Crippen LogP) is 3.38. The number of para-hydroxylation sites is 1. The molecule has 0 radical (unpaired) electrons. The number of hydrogen-bond donors (Lipinski definition) is 2. The number of nitrogens with zero attached hydrogens (tertiary/aromatic N) is 4. The van der Waals surface area contributed by atoms with E-state index in [0.717, 1.165) is 62.1 Å². The second kappa shape index (κ2) is 10.6. The molecule has 3 aromatic rings. The minimum absolute atomic E-state index is 0.0195. The number of carbonyl (C=O) groups is 1. The first-order valence-electron chi connectivity index (χ1n) is 12.0. The molecule has 1 atom stereocenters. The van der Waals surface area contributed by atoms with E-state index in [4.69, 9.17) is 4.74 Å². The number of ether oxygens (including phenoxy) is 1. The highest BCUT2D eigenvalue weighted by molar-refractivity contribution is 7.99. The van der Waals surface area contributed by atoms with Crippen molar-refractivity contribution in [1.82, 2.24) is 25.1 Å².